The van der Waals surface area contributed by atoms with Crippen LogP contribution < -0.4 is 10.5 Å². The molecule has 0 saturated carbocycles. The van der Waals surface area contributed by atoms with Crippen molar-refractivity contribution in [2.24, 2.45) is 0 Å². The van der Waals surface area contributed by atoms with Gasteiger partial charge in [-0.05, 0) is 24.6 Å². The maximum absolute atomic E-state index is 9.91. The third-order valence-electron chi connectivity index (χ3n) is 3.49. The van der Waals surface area contributed by atoms with E-state index in [1.54, 1.807) is 26.2 Å². The normalized spacial score (nSPS) is 10.2. The molecule has 0 spiro atoms. The third-order valence-corrected chi connectivity index (χ3v) is 4.43. The predicted molar refractivity (Wildman–Crippen MR) is 98.9 cm³/mol. The Morgan fingerprint density at radius 1 is 1.27 bits per heavy atom. The number of nitriles is 2. The van der Waals surface area contributed by atoms with Gasteiger partial charge in [-0.25, -0.2) is 4.98 Å². The Morgan fingerprint density at radius 3 is 2.62 bits per heavy atom. The van der Waals surface area contributed by atoms with E-state index >= 15 is 0 Å². The minimum absolute atomic E-state index is 0.0238. The van der Waals surface area contributed by atoms with Crippen molar-refractivity contribution in [3.05, 3.63) is 29.3 Å². The van der Waals surface area contributed by atoms with E-state index < -0.39 is 0 Å². The molecule has 0 fully saturated rings. The van der Waals surface area contributed by atoms with E-state index in [1.165, 1.54) is 17.8 Å². The van der Waals surface area contributed by atoms with Crippen LogP contribution in [-0.4, -0.2) is 36.2 Å². The molecule has 0 aliphatic heterocycles. The first-order chi connectivity index (χ1) is 12.6. The van der Waals surface area contributed by atoms with Gasteiger partial charge < -0.3 is 20.3 Å². The number of phenols is 1. The lowest BCUT2D eigenvalue weighted by molar-refractivity contribution is 0.218. The second-order valence-corrected chi connectivity index (χ2v) is 6.19. The smallest absolute Gasteiger partial charge is 0.161 e. The van der Waals surface area contributed by atoms with Crippen LogP contribution in [0.2, 0.25) is 0 Å². The van der Waals surface area contributed by atoms with E-state index in [2.05, 4.69) is 11.1 Å². The average molecular weight is 370 g/mol. The number of nitrogen functional groups attached to an aromatic ring is 1. The van der Waals surface area contributed by atoms with Crippen LogP contribution in [0.5, 0.6) is 11.5 Å². The van der Waals surface area contributed by atoms with Crippen molar-refractivity contribution in [1.82, 2.24) is 4.98 Å². The largest absolute Gasteiger partial charge is 0.504 e. The Balaban J connectivity index is 2.68. The number of thioether (sulfide) groups is 1. The first kappa shape index (κ1) is 19.4. The van der Waals surface area contributed by atoms with Crippen LogP contribution in [0, 0.1) is 22.7 Å². The van der Waals surface area contributed by atoms with Gasteiger partial charge in [-0.3, -0.25) is 0 Å². The summed E-state index contributed by atoms with van der Waals surface area (Å²) in [6.45, 7) is 2.65. The number of benzene rings is 1. The lowest BCUT2D eigenvalue weighted by Crippen LogP contribution is -2.04. The summed E-state index contributed by atoms with van der Waals surface area (Å²) >= 11 is 1.33. The fourth-order valence-corrected chi connectivity index (χ4v) is 3.25. The zero-order chi connectivity index (χ0) is 19.1. The van der Waals surface area contributed by atoms with Crippen molar-refractivity contribution >= 4 is 17.6 Å². The van der Waals surface area contributed by atoms with Gasteiger partial charge in [0.2, 0.25) is 0 Å². The number of nitrogens with two attached hydrogens (primary N) is 1. The Hall–Kier alpha value is -2.94. The van der Waals surface area contributed by atoms with Crippen molar-refractivity contribution in [2.45, 2.75) is 11.9 Å². The fourth-order valence-electron chi connectivity index (χ4n) is 2.35. The van der Waals surface area contributed by atoms with E-state index in [4.69, 9.17) is 15.2 Å². The van der Waals surface area contributed by atoms with Crippen LogP contribution in [0.4, 0.5) is 5.82 Å². The highest BCUT2D eigenvalue weighted by molar-refractivity contribution is 7.99. The first-order valence-electron chi connectivity index (χ1n) is 7.78. The number of methoxy groups -OCH3 is 1. The summed E-state index contributed by atoms with van der Waals surface area (Å²) in [5.41, 5.74) is 7.25. The Bertz CT molecular complexity index is 887. The summed E-state index contributed by atoms with van der Waals surface area (Å²) in [6.07, 6.45) is 0. The molecule has 0 aliphatic carbocycles. The molecule has 2 rings (SSSR count). The molecule has 0 saturated heterocycles. The van der Waals surface area contributed by atoms with E-state index in [9.17, 15) is 15.6 Å². The molecule has 3 N–H and O–H groups in total. The second kappa shape index (κ2) is 8.95. The fraction of sp³-hybridized carbons (Fsp3) is 0.278. The summed E-state index contributed by atoms with van der Waals surface area (Å²) in [4.78, 5) is 4.21. The molecule has 2 aromatic rings. The molecule has 1 aromatic carbocycles. The second-order valence-electron chi connectivity index (χ2n) is 5.11. The number of nitrogens with zero attached hydrogens (tertiary/aromatic N) is 3. The van der Waals surface area contributed by atoms with Crippen LogP contribution >= 0.6 is 11.8 Å². The molecule has 1 aromatic heterocycles. The number of aromatic nitrogens is 1. The number of phenolic OH excluding ortho intramolecular Hbond substituents is 1. The van der Waals surface area contributed by atoms with Gasteiger partial charge in [-0.15, -0.1) is 11.8 Å². The zero-order valence-electron chi connectivity index (χ0n) is 14.4. The molecule has 7 nitrogen and oxygen atoms in total. The minimum Gasteiger partial charge on any atom is -0.504 e. The summed E-state index contributed by atoms with van der Waals surface area (Å²) < 4.78 is 10.4. The molecule has 0 aliphatic rings. The molecule has 0 amide bonds. The van der Waals surface area contributed by atoms with Crippen LogP contribution in [0.1, 0.15) is 18.1 Å². The standard InChI is InChI=1S/C18H18N4O3S/c1-3-25-15-8-11(4-5-14(15)23)16-12(9-19)17(21)22-18(13(16)10-20)26-7-6-24-2/h4-5,8,23H,3,6-7H2,1-2H3,(H2,21,22). The van der Waals surface area contributed by atoms with Gasteiger partial charge in [-0.2, -0.15) is 10.5 Å². The number of ether oxygens (including phenoxy) is 2. The number of hydrogen-bond donors (Lipinski definition) is 2. The van der Waals surface area contributed by atoms with Crippen molar-refractivity contribution < 1.29 is 14.6 Å². The van der Waals surface area contributed by atoms with Crippen molar-refractivity contribution in [3.8, 4) is 34.8 Å². The average Bonchev–Trinajstić information content (AvgIpc) is 2.63. The van der Waals surface area contributed by atoms with Gasteiger partial charge in [0, 0.05) is 18.4 Å². The molecule has 26 heavy (non-hydrogen) atoms. The molecule has 134 valence electrons. The minimum atomic E-state index is -0.0238. The van der Waals surface area contributed by atoms with Crippen LogP contribution in [-0.2, 0) is 4.74 Å². The highest BCUT2D eigenvalue weighted by atomic mass is 32.2. The van der Waals surface area contributed by atoms with Gasteiger partial charge >= 0.3 is 0 Å². The first-order valence-corrected chi connectivity index (χ1v) is 8.77. The van der Waals surface area contributed by atoms with E-state index in [1.807, 2.05) is 6.07 Å². The quantitative estimate of drug-likeness (QED) is 0.563. The number of anilines is 1. The summed E-state index contributed by atoms with van der Waals surface area (Å²) in [5, 5.41) is 29.6. The monoisotopic (exact) mass is 370 g/mol. The number of rotatable bonds is 7. The number of aromatic hydroxyl groups is 1. The van der Waals surface area contributed by atoms with E-state index in [0.29, 0.717) is 35.1 Å². The van der Waals surface area contributed by atoms with E-state index in [-0.39, 0.29) is 28.4 Å². The highest BCUT2D eigenvalue weighted by Crippen LogP contribution is 2.38. The SMILES string of the molecule is CCOc1cc(-c2c(C#N)c(N)nc(SCCOC)c2C#N)ccc1O. The van der Waals surface area contributed by atoms with Crippen LogP contribution in [0.25, 0.3) is 11.1 Å². The molecule has 8 heteroatoms. The lowest BCUT2D eigenvalue weighted by Gasteiger charge is -2.14. The molecule has 0 radical (unpaired) electrons. The van der Waals surface area contributed by atoms with Crippen LogP contribution in [0.15, 0.2) is 23.2 Å². The number of hydrogen-bond acceptors (Lipinski definition) is 8. The molecule has 0 unspecified atom stereocenters. The maximum atomic E-state index is 9.91. The summed E-state index contributed by atoms with van der Waals surface area (Å²) in [6, 6.07) is 8.79. The molecular weight excluding hydrogens is 352 g/mol. The summed E-state index contributed by atoms with van der Waals surface area (Å²) in [7, 11) is 1.59. The van der Waals surface area contributed by atoms with Crippen molar-refractivity contribution in [1.29, 1.82) is 10.5 Å². The highest BCUT2D eigenvalue weighted by Gasteiger charge is 2.21. The van der Waals surface area contributed by atoms with E-state index in [0.717, 1.165) is 0 Å². The molecule has 0 bridgehead atoms. The van der Waals surface area contributed by atoms with Gasteiger partial charge in [0.1, 0.15) is 28.5 Å². The van der Waals surface area contributed by atoms with Gasteiger partial charge in [0.05, 0.1) is 18.8 Å². The zero-order valence-corrected chi connectivity index (χ0v) is 15.3. The molecule has 1 heterocycles. The van der Waals surface area contributed by atoms with Gasteiger partial charge in [0.15, 0.2) is 11.5 Å². The van der Waals surface area contributed by atoms with Crippen LogP contribution in [0.3, 0.4) is 0 Å². The topological polar surface area (TPSA) is 125 Å². The molecular formula is C18H18N4O3S. The maximum Gasteiger partial charge on any atom is 0.161 e. The lowest BCUT2D eigenvalue weighted by atomic mass is 9.96. The Morgan fingerprint density at radius 2 is 2.00 bits per heavy atom. The third kappa shape index (κ3) is 3.99. The Kier molecular flexibility index (Phi) is 6.67. The van der Waals surface area contributed by atoms with Gasteiger partial charge in [-0.1, -0.05) is 6.07 Å². The molecule has 0 atom stereocenters. The summed E-state index contributed by atoms with van der Waals surface area (Å²) in [5.74, 6) is 0.876. The number of pyridine rings is 1. The van der Waals surface area contributed by atoms with Gasteiger partial charge in [0.25, 0.3) is 0 Å². The van der Waals surface area contributed by atoms with Crippen molar-refractivity contribution in [2.75, 3.05) is 31.8 Å². The predicted octanol–water partition coefficient (Wildman–Crippen LogP) is 2.92. The van der Waals surface area contributed by atoms with Crippen molar-refractivity contribution in [3.63, 3.8) is 0 Å². The Labute approximate surface area is 156 Å².